The number of halogens is 4. The molecule has 0 saturated carbocycles. The molecule has 1 aromatic heterocycles. The molecule has 0 bridgehead atoms. The minimum Gasteiger partial charge on any atom is -0.378 e. The second-order valence-electron chi connectivity index (χ2n) is 8.70. The first-order chi connectivity index (χ1) is 16.2. The molecule has 0 radical (unpaired) electrons. The lowest BCUT2D eigenvalue weighted by molar-refractivity contribution is -0.137. The first-order valence-corrected chi connectivity index (χ1v) is 11.1. The zero-order valence-corrected chi connectivity index (χ0v) is 18.4. The van der Waals surface area contributed by atoms with Crippen molar-refractivity contribution in [2.24, 2.45) is 5.92 Å². The van der Waals surface area contributed by atoms with Crippen LogP contribution in [0.5, 0.6) is 0 Å². The summed E-state index contributed by atoms with van der Waals surface area (Å²) < 4.78 is 57.4. The van der Waals surface area contributed by atoms with Crippen molar-refractivity contribution in [1.82, 2.24) is 14.8 Å². The van der Waals surface area contributed by atoms with Gasteiger partial charge < -0.3 is 14.5 Å². The number of morpholine rings is 1. The van der Waals surface area contributed by atoms with Crippen molar-refractivity contribution >= 4 is 11.8 Å². The van der Waals surface area contributed by atoms with Crippen molar-refractivity contribution in [1.29, 1.82) is 0 Å². The molecule has 34 heavy (non-hydrogen) atoms. The third kappa shape index (κ3) is 5.72. The van der Waals surface area contributed by atoms with Crippen LogP contribution in [0.15, 0.2) is 42.6 Å². The number of nitrogens with zero attached hydrogens (tertiary/aromatic N) is 3. The molecule has 6 nitrogen and oxygen atoms in total. The maximum absolute atomic E-state index is 13.2. The average Bonchev–Trinajstić information content (AvgIpc) is 2.84. The van der Waals surface area contributed by atoms with Crippen LogP contribution < -0.4 is 0 Å². The van der Waals surface area contributed by atoms with Gasteiger partial charge >= 0.3 is 12.2 Å². The van der Waals surface area contributed by atoms with E-state index in [0.717, 1.165) is 18.2 Å². The van der Waals surface area contributed by atoms with E-state index in [1.165, 1.54) is 24.4 Å². The number of benzene rings is 1. The molecule has 2 saturated heterocycles. The number of pyridine rings is 1. The number of piperidine rings is 1. The number of likely N-dealkylation sites (tertiary alicyclic amines) is 1. The molecular weight excluding hydrogens is 454 g/mol. The standard InChI is InChI=1S/C24H25F4N3O3/c25-22-6-3-18(13-29-22)21(32)12-16-11-19(17-1-4-20(5-2-17)24(26,27)28)15-31(14-16)23(33)30-7-9-34-10-8-30/h1-6,13,16,19H,7-12,14-15H2. The van der Waals surface area contributed by atoms with E-state index >= 15 is 0 Å². The predicted molar refractivity (Wildman–Crippen MR) is 115 cm³/mol. The average molecular weight is 479 g/mol. The van der Waals surface area contributed by atoms with Gasteiger partial charge in [-0.15, -0.1) is 0 Å². The molecule has 0 N–H and O–H groups in total. The molecule has 10 heteroatoms. The molecule has 1 aromatic carbocycles. The van der Waals surface area contributed by atoms with Gasteiger partial charge in [0.2, 0.25) is 5.95 Å². The summed E-state index contributed by atoms with van der Waals surface area (Å²) in [4.78, 5) is 32.8. The number of urea groups is 1. The van der Waals surface area contributed by atoms with Gasteiger partial charge in [0, 0.05) is 50.3 Å². The highest BCUT2D eigenvalue weighted by Gasteiger charge is 2.35. The van der Waals surface area contributed by atoms with Crippen molar-refractivity contribution in [3.63, 3.8) is 0 Å². The quantitative estimate of drug-likeness (QED) is 0.371. The van der Waals surface area contributed by atoms with E-state index in [1.54, 1.807) is 9.80 Å². The Bertz CT molecular complexity index is 1010. The molecule has 0 spiro atoms. The number of alkyl halides is 3. The Labute approximate surface area is 194 Å². The van der Waals surface area contributed by atoms with E-state index in [4.69, 9.17) is 4.74 Å². The highest BCUT2D eigenvalue weighted by Crippen LogP contribution is 2.35. The molecule has 3 heterocycles. The molecule has 182 valence electrons. The molecule has 2 aliphatic heterocycles. The molecular formula is C24H25F4N3O3. The monoisotopic (exact) mass is 479 g/mol. The summed E-state index contributed by atoms with van der Waals surface area (Å²) in [5.74, 6) is -1.32. The third-order valence-electron chi connectivity index (χ3n) is 6.32. The van der Waals surface area contributed by atoms with Crippen LogP contribution >= 0.6 is 0 Å². The van der Waals surface area contributed by atoms with Gasteiger partial charge in [-0.3, -0.25) is 4.79 Å². The molecule has 2 amide bonds. The van der Waals surface area contributed by atoms with Crippen molar-refractivity contribution in [3.05, 3.63) is 65.2 Å². The summed E-state index contributed by atoms with van der Waals surface area (Å²) in [6, 6.07) is 7.30. The fraction of sp³-hybridized carbons (Fsp3) is 0.458. The van der Waals surface area contributed by atoms with Crippen LogP contribution in [0.3, 0.4) is 0 Å². The number of amides is 2. The smallest absolute Gasteiger partial charge is 0.378 e. The number of Topliss-reactive ketones (excluding diaryl/α,β-unsaturated/α-hetero) is 1. The maximum Gasteiger partial charge on any atom is 0.416 e. The van der Waals surface area contributed by atoms with Gasteiger partial charge in [0.1, 0.15) is 0 Å². The van der Waals surface area contributed by atoms with Crippen LogP contribution in [0.2, 0.25) is 0 Å². The van der Waals surface area contributed by atoms with Crippen LogP contribution in [0, 0.1) is 11.9 Å². The second kappa shape index (κ2) is 10.1. The van der Waals surface area contributed by atoms with E-state index in [9.17, 15) is 27.2 Å². The SMILES string of the molecule is O=C(CC1CC(c2ccc(C(F)(F)F)cc2)CN(C(=O)N2CCOCC2)C1)c1ccc(F)nc1. The third-order valence-corrected chi connectivity index (χ3v) is 6.32. The van der Waals surface area contributed by atoms with E-state index in [0.29, 0.717) is 51.4 Å². The van der Waals surface area contributed by atoms with Crippen molar-refractivity contribution in [3.8, 4) is 0 Å². The molecule has 2 atom stereocenters. The van der Waals surface area contributed by atoms with Crippen LogP contribution in [-0.4, -0.2) is 66.0 Å². The second-order valence-corrected chi connectivity index (χ2v) is 8.70. The first kappa shape index (κ1) is 24.1. The lowest BCUT2D eigenvalue weighted by atomic mass is 9.81. The van der Waals surface area contributed by atoms with Crippen molar-refractivity contribution in [2.45, 2.75) is 24.9 Å². The molecule has 4 rings (SSSR count). The highest BCUT2D eigenvalue weighted by atomic mass is 19.4. The molecule has 2 unspecified atom stereocenters. The summed E-state index contributed by atoms with van der Waals surface area (Å²) in [7, 11) is 0. The van der Waals surface area contributed by atoms with Gasteiger partial charge in [-0.2, -0.15) is 17.6 Å². The Morgan fingerprint density at radius 2 is 1.71 bits per heavy atom. The van der Waals surface area contributed by atoms with Crippen molar-refractivity contribution in [2.75, 3.05) is 39.4 Å². The van der Waals surface area contributed by atoms with Gasteiger partial charge in [-0.1, -0.05) is 12.1 Å². The Kier molecular flexibility index (Phi) is 7.16. The van der Waals surface area contributed by atoms with Crippen molar-refractivity contribution < 1.29 is 31.9 Å². The number of carbonyl (C=O) groups excluding carboxylic acids is 2. The van der Waals surface area contributed by atoms with Crippen LogP contribution in [-0.2, 0) is 10.9 Å². The first-order valence-electron chi connectivity index (χ1n) is 11.1. The number of ketones is 1. The fourth-order valence-electron chi connectivity index (χ4n) is 4.57. The van der Waals surface area contributed by atoms with Crippen LogP contribution in [0.1, 0.15) is 40.2 Å². The minimum atomic E-state index is -4.43. The number of ether oxygens (including phenoxy) is 1. The number of hydrogen-bond acceptors (Lipinski definition) is 4. The summed E-state index contributed by atoms with van der Waals surface area (Å²) in [5, 5.41) is 0. The zero-order chi connectivity index (χ0) is 24.3. The van der Waals surface area contributed by atoms with Crippen LogP contribution in [0.25, 0.3) is 0 Å². The Morgan fingerprint density at radius 1 is 1.00 bits per heavy atom. The number of carbonyl (C=O) groups is 2. The molecule has 2 aromatic rings. The minimum absolute atomic E-state index is 0.122. The zero-order valence-electron chi connectivity index (χ0n) is 18.4. The largest absolute Gasteiger partial charge is 0.416 e. The summed E-state index contributed by atoms with van der Waals surface area (Å²) in [5.41, 5.74) is 0.237. The molecule has 2 fully saturated rings. The summed E-state index contributed by atoms with van der Waals surface area (Å²) in [6.45, 7) is 2.52. The lowest BCUT2D eigenvalue weighted by Crippen LogP contribution is -2.52. The Morgan fingerprint density at radius 3 is 2.32 bits per heavy atom. The van der Waals surface area contributed by atoms with Gasteiger partial charge in [0.25, 0.3) is 0 Å². The molecule has 0 aliphatic carbocycles. The number of rotatable bonds is 4. The van der Waals surface area contributed by atoms with E-state index in [2.05, 4.69) is 4.98 Å². The number of hydrogen-bond donors (Lipinski definition) is 0. The molecule has 2 aliphatic rings. The van der Waals surface area contributed by atoms with E-state index < -0.39 is 17.7 Å². The van der Waals surface area contributed by atoms with Gasteiger partial charge in [-0.05, 0) is 42.2 Å². The predicted octanol–water partition coefficient (Wildman–Crippen LogP) is 4.37. The van der Waals surface area contributed by atoms with E-state index in [-0.39, 0.29) is 35.6 Å². The Balaban J connectivity index is 1.53. The highest BCUT2D eigenvalue weighted by molar-refractivity contribution is 5.95. The normalized spacial score (nSPS) is 21.4. The van der Waals surface area contributed by atoms with Gasteiger partial charge in [0.05, 0.1) is 18.8 Å². The summed E-state index contributed by atoms with van der Waals surface area (Å²) >= 11 is 0. The van der Waals surface area contributed by atoms with E-state index in [1.807, 2.05) is 0 Å². The fourth-order valence-corrected chi connectivity index (χ4v) is 4.57. The summed E-state index contributed by atoms with van der Waals surface area (Å²) in [6.07, 6.45) is -2.58. The topological polar surface area (TPSA) is 62.7 Å². The Hall–Kier alpha value is -3.01. The maximum atomic E-state index is 13.2. The van der Waals surface area contributed by atoms with Gasteiger partial charge in [0.15, 0.2) is 5.78 Å². The number of aromatic nitrogens is 1. The van der Waals surface area contributed by atoms with Crippen LogP contribution in [0.4, 0.5) is 22.4 Å². The lowest BCUT2D eigenvalue weighted by Gasteiger charge is -2.41. The van der Waals surface area contributed by atoms with Gasteiger partial charge in [-0.25, -0.2) is 9.78 Å².